The van der Waals surface area contributed by atoms with E-state index in [1.165, 1.54) is 18.4 Å². The Bertz CT molecular complexity index is 645. The minimum atomic E-state index is -0.216. The number of aryl methyl sites for hydroxylation is 2. The molecule has 1 aromatic carbocycles. The van der Waals surface area contributed by atoms with Gasteiger partial charge in [0.1, 0.15) is 0 Å². The number of hydrogen-bond acceptors (Lipinski definition) is 3. The summed E-state index contributed by atoms with van der Waals surface area (Å²) >= 11 is 0. The number of anilines is 1. The van der Waals surface area contributed by atoms with Crippen molar-refractivity contribution in [1.82, 2.24) is 10.2 Å². The third kappa shape index (κ3) is 2.69. The SMILES string of the molecule is Cc1ccc(NC(=O)c2ccc(C3CC3)nn2)c(C)c1. The first-order valence-electron chi connectivity index (χ1n) is 6.86. The summed E-state index contributed by atoms with van der Waals surface area (Å²) in [5.41, 5.74) is 4.38. The smallest absolute Gasteiger partial charge is 0.276 e. The molecule has 0 aliphatic heterocycles. The topological polar surface area (TPSA) is 54.9 Å². The number of nitrogens with one attached hydrogen (secondary N) is 1. The van der Waals surface area contributed by atoms with Crippen molar-refractivity contribution in [2.75, 3.05) is 5.32 Å². The van der Waals surface area contributed by atoms with Gasteiger partial charge in [-0.25, -0.2) is 0 Å². The van der Waals surface area contributed by atoms with Gasteiger partial charge in [0, 0.05) is 11.6 Å². The maximum atomic E-state index is 12.1. The van der Waals surface area contributed by atoms with E-state index in [1.54, 1.807) is 6.07 Å². The van der Waals surface area contributed by atoms with Crippen molar-refractivity contribution >= 4 is 11.6 Å². The summed E-state index contributed by atoms with van der Waals surface area (Å²) in [6.07, 6.45) is 2.37. The Kier molecular flexibility index (Phi) is 3.22. The van der Waals surface area contributed by atoms with Crippen LogP contribution in [-0.4, -0.2) is 16.1 Å². The van der Waals surface area contributed by atoms with Crippen LogP contribution in [0.5, 0.6) is 0 Å². The predicted molar refractivity (Wildman–Crippen MR) is 77.9 cm³/mol. The Morgan fingerprint density at radius 2 is 1.95 bits per heavy atom. The Morgan fingerprint density at radius 1 is 1.15 bits per heavy atom. The molecule has 1 amide bonds. The van der Waals surface area contributed by atoms with Crippen LogP contribution in [0.4, 0.5) is 5.69 Å². The Morgan fingerprint density at radius 3 is 2.55 bits per heavy atom. The zero-order valence-electron chi connectivity index (χ0n) is 11.7. The largest absolute Gasteiger partial charge is 0.320 e. The molecule has 1 aromatic heterocycles. The molecule has 0 bridgehead atoms. The maximum absolute atomic E-state index is 12.1. The fourth-order valence-corrected chi connectivity index (χ4v) is 2.20. The highest BCUT2D eigenvalue weighted by molar-refractivity contribution is 6.03. The first-order chi connectivity index (χ1) is 9.63. The number of carbonyl (C=O) groups excluding carboxylic acids is 1. The minimum absolute atomic E-state index is 0.216. The van der Waals surface area contributed by atoms with Crippen molar-refractivity contribution in [2.45, 2.75) is 32.6 Å². The lowest BCUT2D eigenvalue weighted by atomic mass is 10.1. The van der Waals surface area contributed by atoms with Crippen LogP contribution in [0.3, 0.4) is 0 Å². The Balaban J connectivity index is 1.74. The summed E-state index contributed by atoms with van der Waals surface area (Å²) < 4.78 is 0. The van der Waals surface area contributed by atoms with Gasteiger partial charge < -0.3 is 5.32 Å². The van der Waals surface area contributed by atoms with Gasteiger partial charge in [0.2, 0.25) is 0 Å². The van der Waals surface area contributed by atoms with E-state index in [0.29, 0.717) is 11.6 Å². The van der Waals surface area contributed by atoms with Gasteiger partial charge in [-0.1, -0.05) is 17.7 Å². The Labute approximate surface area is 118 Å². The van der Waals surface area contributed by atoms with Crippen molar-refractivity contribution in [3.8, 4) is 0 Å². The van der Waals surface area contributed by atoms with E-state index in [0.717, 1.165) is 16.9 Å². The molecule has 1 heterocycles. The molecule has 1 aliphatic rings. The second-order valence-electron chi connectivity index (χ2n) is 5.39. The number of rotatable bonds is 3. The highest BCUT2D eigenvalue weighted by Gasteiger charge is 2.25. The summed E-state index contributed by atoms with van der Waals surface area (Å²) in [7, 11) is 0. The average Bonchev–Trinajstić information content (AvgIpc) is 3.26. The standard InChI is InChI=1S/C16H17N3O/c1-10-3-6-13(11(2)9-10)17-16(20)15-8-7-14(18-19-15)12-4-5-12/h3,6-9,12H,4-5H2,1-2H3,(H,17,20). The van der Waals surface area contributed by atoms with E-state index < -0.39 is 0 Å². The predicted octanol–water partition coefficient (Wildman–Crippen LogP) is 3.22. The number of nitrogens with zero attached hydrogens (tertiary/aromatic N) is 2. The van der Waals surface area contributed by atoms with Gasteiger partial charge in [0.25, 0.3) is 5.91 Å². The fourth-order valence-electron chi connectivity index (χ4n) is 2.20. The van der Waals surface area contributed by atoms with Crippen LogP contribution in [0, 0.1) is 13.8 Å². The number of aromatic nitrogens is 2. The van der Waals surface area contributed by atoms with Crippen LogP contribution in [-0.2, 0) is 0 Å². The van der Waals surface area contributed by atoms with Gasteiger partial charge in [-0.3, -0.25) is 4.79 Å². The highest BCUT2D eigenvalue weighted by atomic mass is 16.1. The molecule has 0 spiro atoms. The van der Waals surface area contributed by atoms with Crippen LogP contribution in [0.15, 0.2) is 30.3 Å². The normalized spacial score (nSPS) is 14.1. The molecule has 1 N–H and O–H groups in total. The van der Waals surface area contributed by atoms with Crippen molar-refractivity contribution in [3.05, 3.63) is 52.8 Å². The third-order valence-electron chi connectivity index (χ3n) is 3.54. The van der Waals surface area contributed by atoms with E-state index in [-0.39, 0.29) is 5.91 Å². The van der Waals surface area contributed by atoms with E-state index in [9.17, 15) is 4.79 Å². The summed E-state index contributed by atoms with van der Waals surface area (Å²) in [5, 5.41) is 11.0. The van der Waals surface area contributed by atoms with E-state index in [2.05, 4.69) is 15.5 Å². The summed E-state index contributed by atoms with van der Waals surface area (Å²) in [4.78, 5) is 12.1. The van der Waals surface area contributed by atoms with Crippen molar-refractivity contribution < 1.29 is 4.79 Å². The van der Waals surface area contributed by atoms with Gasteiger partial charge in [-0.2, -0.15) is 5.10 Å². The first kappa shape index (κ1) is 12.8. The van der Waals surface area contributed by atoms with Crippen LogP contribution < -0.4 is 5.32 Å². The van der Waals surface area contributed by atoms with Gasteiger partial charge in [-0.05, 0) is 50.5 Å². The molecule has 0 atom stereocenters. The number of hydrogen-bond donors (Lipinski definition) is 1. The molecular formula is C16H17N3O. The molecule has 3 rings (SSSR count). The van der Waals surface area contributed by atoms with E-state index in [4.69, 9.17) is 0 Å². The van der Waals surface area contributed by atoms with Gasteiger partial charge in [0.15, 0.2) is 5.69 Å². The van der Waals surface area contributed by atoms with Crippen molar-refractivity contribution in [3.63, 3.8) is 0 Å². The molecule has 2 aromatic rings. The molecule has 20 heavy (non-hydrogen) atoms. The second-order valence-corrected chi connectivity index (χ2v) is 5.39. The van der Waals surface area contributed by atoms with Crippen LogP contribution in [0.25, 0.3) is 0 Å². The monoisotopic (exact) mass is 267 g/mol. The molecule has 1 saturated carbocycles. The lowest BCUT2D eigenvalue weighted by molar-refractivity contribution is 0.102. The van der Waals surface area contributed by atoms with E-state index >= 15 is 0 Å². The number of carbonyl (C=O) groups is 1. The molecule has 0 unspecified atom stereocenters. The van der Waals surface area contributed by atoms with Gasteiger partial charge in [0.05, 0.1) is 5.69 Å². The van der Waals surface area contributed by atoms with Crippen LogP contribution >= 0.6 is 0 Å². The summed E-state index contributed by atoms with van der Waals surface area (Å²) in [6.45, 7) is 4.01. The Hall–Kier alpha value is -2.23. The number of benzene rings is 1. The third-order valence-corrected chi connectivity index (χ3v) is 3.54. The quantitative estimate of drug-likeness (QED) is 0.929. The molecule has 0 saturated heterocycles. The van der Waals surface area contributed by atoms with Gasteiger partial charge in [-0.15, -0.1) is 5.10 Å². The lowest BCUT2D eigenvalue weighted by Crippen LogP contribution is -2.15. The summed E-state index contributed by atoms with van der Waals surface area (Å²) in [6, 6.07) is 9.58. The maximum Gasteiger partial charge on any atom is 0.276 e. The number of amides is 1. The van der Waals surface area contributed by atoms with E-state index in [1.807, 2.05) is 38.1 Å². The molecule has 4 nitrogen and oxygen atoms in total. The lowest BCUT2D eigenvalue weighted by Gasteiger charge is -2.08. The van der Waals surface area contributed by atoms with Crippen molar-refractivity contribution in [2.24, 2.45) is 0 Å². The first-order valence-corrected chi connectivity index (χ1v) is 6.86. The zero-order valence-corrected chi connectivity index (χ0v) is 11.7. The van der Waals surface area contributed by atoms with Crippen molar-refractivity contribution in [1.29, 1.82) is 0 Å². The molecule has 1 aliphatic carbocycles. The second kappa shape index (κ2) is 5.04. The van der Waals surface area contributed by atoms with Crippen LogP contribution in [0.2, 0.25) is 0 Å². The molecular weight excluding hydrogens is 250 g/mol. The average molecular weight is 267 g/mol. The van der Waals surface area contributed by atoms with Crippen LogP contribution in [0.1, 0.15) is 46.1 Å². The zero-order chi connectivity index (χ0) is 14.1. The molecule has 1 fully saturated rings. The molecule has 102 valence electrons. The molecule has 0 radical (unpaired) electrons. The fraction of sp³-hybridized carbons (Fsp3) is 0.312. The van der Waals surface area contributed by atoms with Gasteiger partial charge >= 0.3 is 0 Å². The highest BCUT2D eigenvalue weighted by Crippen LogP contribution is 2.38. The minimum Gasteiger partial charge on any atom is -0.320 e. The summed E-state index contributed by atoms with van der Waals surface area (Å²) in [5.74, 6) is 0.339. The molecule has 4 heteroatoms.